The fourth-order valence-electron chi connectivity index (χ4n) is 4.99. The maximum Gasteiger partial charge on any atom is 0.410 e. The van der Waals surface area contributed by atoms with Crippen molar-refractivity contribution in [3.8, 4) is 0 Å². The van der Waals surface area contributed by atoms with Gasteiger partial charge >= 0.3 is 12.1 Å². The molecule has 0 aromatic heterocycles. The Kier molecular flexibility index (Phi) is 19.6. The Balaban J connectivity index is 0. The molecule has 1 rings (SSSR count). The monoisotopic (exact) mass is 662 g/mol. The molecular weight excluding hydrogens is 594 g/mol. The van der Waals surface area contributed by atoms with Crippen molar-refractivity contribution in [3.05, 3.63) is 47.5 Å². The van der Waals surface area contributed by atoms with E-state index in [4.69, 9.17) is 9.47 Å². The third-order valence-corrected chi connectivity index (χ3v) is 7.41. The summed E-state index contributed by atoms with van der Waals surface area (Å²) in [5.41, 5.74) is -1.06. The smallest absolute Gasteiger partial charge is 0.410 e. The molecule has 0 heterocycles. The Morgan fingerprint density at radius 3 is 1.74 bits per heavy atom. The highest BCUT2D eigenvalue weighted by molar-refractivity contribution is 5.93. The van der Waals surface area contributed by atoms with Gasteiger partial charge in [0.05, 0.1) is 12.6 Å². The predicted octanol–water partition coefficient (Wildman–Crippen LogP) is 7.78. The van der Waals surface area contributed by atoms with Crippen molar-refractivity contribution in [2.45, 2.75) is 140 Å². The van der Waals surface area contributed by atoms with Crippen LogP contribution in [0.1, 0.15) is 116 Å². The summed E-state index contributed by atoms with van der Waals surface area (Å²) in [6.45, 7) is 30.3. The lowest BCUT2D eigenvalue weighted by atomic mass is 9.76. The number of carbonyl (C=O) groups excluding carboxylic acids is 4. The summed E-state index contributed by atoms with van der Waals surface area (Å²) < 4.78 is 10.8. The van der Waals surface area contributed by atoms with Crippen LogP contribution >= 0.6 is 0 Å². The molecule has 3 unspecified atom stereocenters. The molecule has 1 N–H and O–H groups in total. The molecular formula is C38H67N3O6. The molecule has 3 amide bonds. The Labute approximate surface area is 286 Å². The maximum atomic E-state index is 14.3. The number of nitrogens with zero attached hydrogens (tertiary/aromatic N) is 2. The molecule has 47 heavy (non-hydrogen) atoms. The van der Waals surface area contributed by atoms with E-state index in [0.717, 1.165) is 5.56 Å². The molecule has 0 saturated carbocycles. The molecule has 9 heteroatoms. The minimum atomic E-state index is -1.01. The molecule has 3 atom stereocenters. The predicted molar refractivity (Wildman–Crippen MR) is 193 cm³/mol. The minimum absolute atomic E-state index is 0.0299. The van der Waals surface area contributed by atoms with Crippen molar-refractivity contribution in [2.75, 3.05) is 20.7 Å². The fraction of sp³-hybridized carbons (Fsp3) is 0.684. The number of ether oxygens (including phenoxy) is 2. The van der Waals surface area contributed by atoms with Gasteiger partial charge in [-0.15, -0.1) is 0 Å². The van der Waals surface area contributed by atoms with E-state index in [0.29, 0.717) is 5.57 Å². The van der Waals surface area contributed by atoms with Gasteiger partial charge in [-0.3, -0.25) is 14.5 Å². The normalized spacial score (nSPS) is 13.8. The quantitative estimate of drug-likeness (QED) is 0.192. The highest BCUT2D eigenvalue weighted by Crippen LogP contribution is 2.32. The second-order valence-corrected chi connectivity index (χ2v) is 14.1. The number of benzene rings is 1. The van der Waals surface area contributed by atoms with Gasteiger partial charge in [-0.1, -0.05) is 113 Å². The summed E-state index contributed by atoms with van der Waals surface area (Å²) in [7, 11) is 3.21. The molecule has 9 nitrogen and oxygen atoms in total. The SMILES string of the molecule is CC.CC.CCOC(=O)/C(C)=C/C(C(C)C)N(C)C(=O)C(NC(=O)C(N(C)C(=O)OC(C)(C)C)C(C)(C)c1ccccc1)C(C)(C)C. The number of carbonyl (C=O) groups is 4. The van der Waals surface area contributed by atoms with E-state index in [-0.39, 0.29) is 18.4 Å². The van der Waals surface area contributed by atoms with E-state index >= 15 is 0 Å². The molecule has 1 aromatic carbocycles. The summed E-state index contributed by atoms with van der Waals surface area (Å²) in [6.07, 6.45) is 1.09. The first kappa shape index (κ1) is 45.8. The summed E-state index contributed by atoms with van der Waals surface area (Å²) in [6, 6.07) is 7.09. The lowest BCUT2D eigenvalue weighted by Gasteiger charge is -2.42. The van der Waals surface area contributed by atoms with Crippen LogP contribution in [0.3, 0.4) is 0 Å². The van der Waals surface area contributed by atoms with Gasteiger partial charge in [-0.05, 0) is 51.5 Å². The second kappa shape index (κ2) is 20.1. The summed E-state index contributed by atoms with van der Waals surface area (Å²) in [5, 5.41) is 3.01. The number of nitrogens with one attached hydrogen (secondary N) is 1. The van der Waals surface area contributed by atoms with E-state index in [1.807, 2.05) is 106 Å². The first-order valence-corrected chi connectivity index (χ1v) is 17.0. The molecule has 0 bridgehead atoms. The third-order valence-electron chi connectivity index (χ3n) is 7.41. The topological polar surface area (TPSA) is 105 Å². The summed E-state index contributed by atoms with van der Waals surface area (Å²) >= 11 is 0. The Morgan fingerprint density at radius 2 is 1.34 bits per heavy atom. The number of hydrogen-bond donors (Lipinski definition) is 1. The average Bonchev–Trinajstić information content (AvgIpc) is 2.98. The molecule has 1 aromatic rings. The van der Waals surface area contributed by atoms with Crippen molar-refractivity contribution in [1.82, 2.24) is 15.1 Å². The third kappa shape index (κ3) is 14.1. The molecule has 0 spiro atoms. The van der Waals surface area contributed by atoms with Crippen molar-refractivity contribution >= 4 is 23.9 Å². The molecule has 270 valence electrons. The van der Waals surface area contributed by atoms with E-state index < -0.39 is 52.5 Å². The highest BCUT2D eigenvalue weighted by Gasteiger charge is 2.45. The Hall–Kier alpha value is -3.36. The molecule has 0 saturated heterocycles. The maximum absolute atomic E-state index is 14.3. The number of likely N-dealkylation sites (N-methyl/N-ethyl adjacent to an activating group) is 2. The van der Waals surface area contributed by atoms with Crippen molar-refractivity contribution in [1.29, 1.82) is 0 Å². The average molecular weight is 662 g/mol. The van der Waals surface area contributed by atoms with Gasteiger partial charge in [-0.25, -0.2) is 9.59 Å². The number of esters is 1. The summed E-state index contributed by atoms with van der Waals surface area (Å²) in [5.74, 6) is -1.27. The molecule has 0 aliphatic carbocycles. The van der Waals surface area contributed by atoms with Crippen LogP contribution in [0.25, 0.3) is 0 Å². The van der Waals surface area contributed by atoms with Crippen molar-refractivity contribution < 1.29 is 28.7 Å². The van der Waals surface area contributed by atoms with E-state index in [1.165, 1.54) is 4.90 Å². The zero-order valence-electron chi connectivity index (χ0n) is 32.8. The van der Waals surface area contributed by atoms with Gasteiger partial charge in [0, 0.05) is 25.1 Å². The number of amides is 3. The fourth-order valence-corrected chi connectivity index (χ4v) is 4.99. The number of rotatable bonds is 11. The van der Waals surface area contributed by atoms with Gasteiger partial charge in [0.15, 0.2) is 0 Å². The largest absolute Gasteiger partial charge is 0.463 e. The summed E-state index contributed by atoms with van der Waals surface area (Å²) in [4.78, 5) is 56.9. The van der Waals surface area contributed by atoms with Crippen LogP contribution in [0.15, 0.2) is 42.0 Å². The number of hydrogen-bond acceptors (Lipinski definition) is 6. The van der Waals surface area contributed by atoms with Crippen molar-refractivity contribution in [3.63, 3.8) is 0 Å². The van der Waals surface area contributed by atoms with Crippen LogP contribution in [0.4, 0.5) is 4.79 Å². The van der Waals surface area contributed by atoms with E-state index in [1.54, 1.807) is 59.7 Å². The lowest BCUT2D eigenvalue weighted by molar-refractivity contribution is -0.142. The van der Waals surface area contributed by atoms with E-state index in [2.05, 4.69) is 5.32 Å². The van der Waals surface area contributed by atoms with Gasteiger partial charge < -0.3 is 19.7 Å². The van der Waals surface area contributed by atoms with Gasteiger partial charge in [0.1, 0.15) is 17.7 Å². The Morgan fingerprint density at radius 1 is 0.851 bits per heavy atom. The van der Waals surface area contributed by atoms with Gasteiger partial charge in [0.2, 0.25) is 11.8 Å². The van der Waals surface area contributed by atoms with Crippen LogP contribution in [-0.4, -0.2) is 78.1 Å². The van der Waals surface area contributed by atoms with Crippen molar-refractivity contribution in [2.24, 2.45) is 11.3 Å². The van der Waals surface area contributed by atoms with Gasteiger partial charge in [-0.2, -0.15) is 0 Å². The minimum Gasteiger partial charge on any atom is -0.463 e. The first-order chi connectivity index (χ1) is 21.6. The first-order valence-electron chi connectivity index (χ1n) is 17.0. The zero-order chi connectivity index (χ0) is 37.5. The van der Waals surface area contributed by atoms with Crippen LogP contribution in [0.5, 0.6) is 0 Å². The molecule has 0 fully saturated rings. The highest BCUT2D eigenvalue weighted by atomic mass is 16.6. The Bertz CT molecular complexity index is 1150. The second-order valence-electron chi connectivity index (χ2n) is 14.1. The van der Waals surface area contributed by atoms with Crippen LogP contribution < -0.4 is 5.32 Å². The van der Waals surface area contributed by atoms with Crippen LogP contribution in [0, 0.1) is 11.3 Å². The molecule has 0 aliphatic heterocycles. The molecule has 0 radical (unpaired) electrons. The zero-order valence-corrected chi connectivity index (χ0v) is 32.8. The molecule has 0 aliphatic rings. The lowest BCUT2D eigenvalue weighted by Crippen LogP contribution is -2.63. The standard InChI is InChI=1S/C34H55N3O6.2C2H6/c1-15-42-30(40)23(4)21-25(22(2)3)36(13)29(39)26(32(5,6)7)35-28(38)27(37(14)31(41)43-33(8,9)10)34(11,12)24-19-17-16-18-20-24;2*1-2/h16-22,25-27H,15H2,1-14H3,(H,35,38);2*1-2H3/b23-21+;;. The van der Waals surface area contributed by atoms with Crippen LogP contribution in [-0.2, 0) is 29.3 Å². The van der Waals surface area contributed by atoms with Gasteiger partial charge in [0.25, 0.3) is 0 Å². The van der Waals surface area contributed by atoms with E-state index in [9.17, 15) is 19.2 Å². The van der Waals surface area contributed by atoms with Crippen LogP contribution in [0.2, 0.25) is 0 Å².